The Kier molecular flexibility index (Phi) is 3.36. The number of hydrogen-bond donors (Lipinski definition) is 0. The molecule has 1 rings (SSSR count). The predicted molar refractivity (Wildman–Crippen MR) is 43.9 cm³/mol. The first-order valence-electron chi connectivity index (χ1n) is 4.00. The van der Waals surface area contributed by atoms with Crippen LogP contribution in [0.1, 0.15) is 13.3 Å². The Morgan fingerprint density at radius 2 is 2.55 bits per heavy atom. The highest BCUT2D eigenvalue weighted by atomic mass is 16.5. The smallest absolute Gasteiger partial charge is 0.186 e. The Morgan fingerprint density at radius 1 is 1.73 bits per heavy atom. The van der Waals surface area contributed by atoms with Gasteiger partial charge in [0, 0.05) is 19.6 Å². The van der Waals surface area contributed by atoms with E-state index in [4.69, 9.17) is 9.47 Å². The van der Waals surface area contributed by atoms with Crippen LogP contribution in [0.4, 0.5) is 0 Å². The largest absolute Gasteiger partial charge is 0.479 e. The number of methoxy groups -OCH3 is 1. The molecule has 0 amide bonds. The third-order valence-electron chi connectivity index (χ3n) is 1.79. The van der Waals surface area contributed by atoms with Crippen LogP contribution >= 0.6 is 0 Å². The molecule has 1 unspecified atom stereocenters. The summed E-state index contributed by atoms with van der Waals surface area (Å²) in [7, 11) is 1.71. The van der Waals surface area contributed by atoms with Gasteiger partial charge in [0.1, 0.15) is 6.61 Å². The molecule has 0 N–H and O–H groups in total. The average molecular weight is 157 g/mol. The van der Waals surface area contributed by atoms with Crippen LogP contribution in [-0.2, 0) is 9.47 Å². The van der Waals surface area contributed by atoms with Gasteiger partial charge in [-0.15, -0.1) is 0 Å². The van der Waals surface area contributed by atoms with Crippen LogP contribution in [0.3, 0.4) is 0 Å². The summed E-state index contributed by atoms with van der Waals surface area (Å²) in [6, 6.07) is 0. The average Bonchev–Trinajstić information content (AvgIpc) is 2.52. The number of aliphatic imine (C=N–C) groups is 1. The van der Waals surface area contributed by atoms with Gasteiger partial charge in [0.25, 0.3) is 0 Å². The molecule has 0 aromatic heterocycles. The number of hydrogen-bond acceptors (Lipinski definition) is 3. The lowest BCUT2D eigenvalue weighted by Gasteiger charge is -2.09. The van der Waals surface area contributed by atoms with Gasteiger partial charge < -0.3 is 9.47 Å². The Balaban J connectivity index is 2.23. The third-order valence-corrected chi connectivity index (χ3v) is 1.79. The highest BCUT2D eigenvalue weighted by Gasteiger charge is 2.14. The second-order valence-electron chi connectivity index (χ2n) is 2.75. The molecule has 0 aromatic rings. The quantitative estimate of drug-likeness (QED) is 0.611. The van der Waals surface area contributed by atoms with Crippen molar-refractivity contribution in [2.45, 2.75) is 13.3 Å². The van der Waals surface area contributed by atoms with Crippen molar-refractivity contribution in [3.05, 3.63) is 0 Å². The van der Waals surface area contributed by atoms with Crippen LogP contribution in [0.2, 0.25) is 0 Å². The van der Waals surface area contributed by atoms with E-state index in [2.05, 4.69) is 11.9 Å². The zero-order chi connectivity index (χ0) is 8.10. The van der Waals surface area contributed by atoms with E-state index >= 15 is 0 Å². The van der Waals surface area contributed by atoms with Crippen LogP contribution in [0, 0.1) is 5.92 Å². The van der Waals surface area contributed by atoms with Gasteiger partial charge in [0.2, 0.25) is 0 Å². The summed E-state index contributed by atoms with van der Waals surface area (Å²) in [6.07, 6.45) is 0.995. The summed E-state index contributed by atoms with van der Waals surface area (Å²) < 4.78 is 10.3. The number of nitrogens with zero attached hydrogens (tertiary/aromatic N) is 1. The van der Waals surface area contributed by atoms with Crippen LogP contribution in [0.5, 0.6) is 0 Å². The molecular weight excluding hydrogens is 142 g/mol. The van der Waals surface area contributed by atoms with Gasteiger partial charge in [-0.05, 0) is 6.42 Å². The maximum Gasteiger partial charge on any atom is 0.186 e. The zero-order valence-electron chi connectivity index (χ0n) is 7.17. The summed E-state index contributed by atoms with van der Waals surface area (Å²) >= 11 is 0. The Morgan fingerprint density at radius 3 is 3.09 bits per heavy atom. The number of rotatable bonds is 4. The molecule has 0 saturated heterocycles. The fourth-order valence-electron chi connectivity index (χ4n) is 1.07. The molecule has 0 saturated carbocycles. The molecular formula is C8H15NO2. The Hall–Kier alpha value is -0.570. The maximum absolute atomic E-state index is 5.31. The fraction of sp³-hybridized carbons (Fsp3) is 0.875. The molecule has 0 spiro atoms. The van der Waals surface area contributed by atoms with Gasteiger partial charge in [-0.3, -0.25) is 4.99 Å². The SMILES string of the molecule is COCCC(C)C1=NCCO1. The summed E-state index contributed by atoms with van der Waals surface area (Å²) in [5, 5.41) is 0. The molecule has 1 aliphatic heterocycles. The highest BCUT2D eigenvalue weighted by molar-refractivity contribution is 5.79. The van der Waals surface area contributed by atoms with Gasteiger partial charge in [-0.1, -0.05) is 6.92 Å². The molecule has 1 atom stereocenters. The molecule has 1 heterocycles. The predicted octanol–water partition coefficient (Wildman–Crippen LogP) is 1.09. The summed E-state index contributed by atoms with van der Waals surface area (Å²) in [6.45, 7) is 4.48. The molecule has 0 aromatic carbocycles. The van der Waals surface area contributed by atoms with Gasteiger partial charge in [0.15, 0.2) is 5.90 Å². The molecule has 0 bridgehead atoms. The summed E-state index contributed by atoms with van der Waals surface area (Å²) in [5.74, 6) is 1.32. The van der Waals surface area contributed by atoms with Crippen molar-refractivity contribution in [2.75, 3.05) is 26.9 Å². The highest BCUT2D eigenvalue weighted by Crippen LogP contribution is 2.09. The molecule has 0 radical (unpaired) electrons. The van der Waals surface area contributed by atoms with Crippen molar-refractivity contribution in [2.24, 2.45) is 10.9 Å². The van der Waals surface area contributed by atoms with Gasteiger partial charge in [-0.25, -0.2) is 0 Å². The minimum atomic E-state index is 0.414. The number of ether oxygens (including phenoxy) is 2. The summed E-state index contributed by atoms with van der Waals surface area (Å²) in [5.41, 5.74) is 0. The maximum atomic E-state index is 5.31. The van der Waals surface area contributed by atoms with Crippen molar-refractivity contribution >= 4 is 5.90 Å². The summed E-state index contributed by atoms with van der Waals surface area (Å²) in [4.78, 5) is 4.23. The van der Waals surface area contributed by atoms with Crippen LogP contribution < -0.4 is 0 Å². The lowest BCUT2D eigenvalue weighted by molar-refractivity contribution is 0.184. The fourth-order valence-corrected chi connectivity index (χ4v) is 1.07. The molecule has 0 aliphatic carbocycles. The first-order chi connectivity index (χ1) is 5.34. The van der Waals surface area contributed by atoms with Crippen molar-refractivity contribution < 1.29 is 9.47 Å². The Bertz CT molecular complexity index is 145. The standard InChI is InChI=1S/C8H15NO2/c1-7(3-5-10-2)8-9-4-6-11-8/h7H,3-6H2,1-2H3. The van der Waals surface area contributed by atoms with E-state index in [9.17, 15) is 0 Å². The minimum Gasteiger partial charge on any atom is -0.479 e. The lowest BCUT2D eigenvalue weighted by atomic mass is 10.1. The first-order valence-corrected chi connectivity index (χ1v) is 4.00. The normalized spacial score (nSPS) is 19.3. The van der Waals surface area contributed by atoms with Gasteiger partial charge in [-0.2, -0.15) is 0 Å². The first kappa shape index (κ1) is 8.53. The minimum absolute atomic E-state index is 0.414. The second kappa shape index (κ2) is 4.34. The van der Waals surface area contributed by atoms with E-state index in [1.165, 1.54) is 0 Å². The van der Waals surface area contributed by atoms with Crippen LogP contribution in [0.25, 0.3) is 0 Å². The van der Waals surface area contributed by atoms with E-state index in [0.717, 1.165) is 32.1 Å². The van der Waals surface area contributed by atoms with Crippen LogP contribution in [-0.4, -0.2) is 32.8 Å². The van der Waals surface area contributed by atoms with E-state index in [0.29, 0.717) is 5.92 Å². The molecule has 11 heavy (non-hydrogen) atoms. The van der Waals surface area contributed by atoms with E-state index < -0.39 is 0 Å². The second-order valence-corrected chi connectivity index (χ2v) is 2.75. The molecule has 64 valence electrons. The third kappa shape index (κ3) is 2.50. The Labute approximate surface area is 67.4 Å². The molecule has 1 aliphatic rings. The monoisotopic (exact) mass is 157 g/mol. The zero-order valence-corrected chi connectivity index (χ0v) is 7.17. The van der Waals surface area contributed by atoms with Gasteiger partial charge >= 0.3 is 0 Å². The van der Waals surface area contributed by atoms with Crippen molar-refractivity contribution in [3.8, 4) is 0 Å². The van der Waals surface area contributed by atoms with E-state index in [1.54, 1.807) is 7.11 Å². The van der Waals surface area contributed by atoms with E-state index in [-0.39, 0.29) is 0 Å². The molecule has 0 fully saturated rings. The van der Waals surface area contributed by atoms with Crippen molar-refractivity contribution in [1.82, 2.24) is 0 Å². The van der Waals surface area contributed by atoms with Crippen molar-refractivity contribution in [1.29, 1.82) is 0 Å². The van der Waals surface area contributed by atoms with Crippen molar-refractivity contribution in [3.63, 3.8) is 0 Å². The van der Waals surface area contributed by atoms with Gasteiger partial charge in [0.05, 0.1) is 6.54 Å². The molecule has 3 heteroatoms. The van der Waals surface area contributed by atoms with E-state index in [1.807, 2.05) is 0 Å². The van der Waals surface area contributed by atoms with Crippen LogP contribution in [0.15, 0.2) is 4.99 Å². The topological polar surface area (TPSA) is 30.8 Å². The molecule has 3 nitrogen and oxygen atoms in total. The lowest BCUT2D eigenvalue weighted by Crippen LogP contribution is -2.13.